The molecule has 114 valence electrons. The van der Waals surface area contributed by atoms with Crippen molar-refractivity contribution in [2.24, 2.45) is 0 Å². The van der Waals surface area contributed by atoms with Crippen LogP contribution in [0.25, 0.3) is 0 Å². The lowest BCUT2D eigenvalue weighted by Crippen LogP contribution is -2.47. The zero-order chi connectivity index (χ0) is 15.5. The molecule has 0 amide bonds. The maximum absolute atomic E-state index is 12.2. The molecule has 1 saturated heterocycles. The van der Waals surface area contributed by atoms with Crippen LogP contribution in [0.4, 0.5) is 0 Å². The Balaban J connectivity index is 2.22. The molecule has 1 unspecified atom stereocenters. The molecule has 1 aromatic carbocycles. The van der Waals surface area contributed by atoms with Crippen molar-refractivity contribution < 1.29 is 8.42 Å². The number of hydrogen-bond acceptors (Lipinski definition) is 5. The second-order valence-corrected chi connectivity index (χ2v) is 8.80. The number of thioether (sulfide) groups is 1. The van der Waals surface area contributed by atoms with Gasteiger partial charge >= 0.3 is 0 Å². The van der Waals surface area contributed by atoms with Gasteiger partial charge in [-0.2, -0.15) is 17.0 Å². The first kappa shape index (κ1) is 16.3. The first-order valence-corrected chi connectivity index (χ1v) is 9.88. The van der Waals surface area contributed by atoms with Crippen LogP contribution in [0.1, 0.15) is 23.6 Å². The van der Waals surface area contributed by atoms with Crippen molar-refractivity contribution in [1.82, 2.24) is 4.90 Å². The molecule has 0 radical (unpaired) electrons. The van der Waals surface area contributed by atoms with Crippen LogP contribution >= 0.6 is 11.8 Å². The molecule has 2 rings (SSSR count). The van der Waals surface area contributed by atoms with E-state index in [-0.39, 0.29) is 5.75 Å². The van der Waals surface area contributed by atoms with Crippen LogP contribution in [-0.2, 0) is 16.4 Å². The molecule has 0 saturated carbocycles. The minimum atomic E-state index is -3.06. The highest BCUT2D eigenvalue weighted by atomic mass is 32.2. The van der Waals surface area contributed by atoms with Gasteiger partial charge in [-0.1, -0.05) is 13.0 Å². The van der Waals surface area contributed by atoms with Crippen LogP contribution in [0, 0.1) is 18.3 Å². The van der Waals surface area contributed by atoms with Crippen molar-refractivity contribution in [1.29, 1.82) is 5.26 Å². The second-order valence-electron chi connectivity index (χ2n) is 5.20. The average molecular weight is 324 g/mol. The number of rotatable bonds is 4. The summed E-state index contributed by atoms with van der Waals surface area (Å²) in [5, 5.41) is 8.52. The molecule has 21 heavy (non-hydrogen) atoms. The van der Waals surface area contributed by atoms with Crippen LogP contribution in [0.3, 0.4) is 0 Å². The molecule has 6 heteroatoms. The molecule has 0 bridgehead atoms. The van der Waals surface area contributed by atoms with E-state index < -0.39 is 15.2 Å². The van der Waals surface area contributed by atoms with E-state index in [1.807, 2.05) is 19.1 Å². The molecular formula is C15H20N2O2S2. The summed E-state index contributed by atoms with van der Waals surface area (Å²) in [4.78, 5) is 2.06. The van der Waals surface area contributed by atoms with Crippen molar-refractivity contribution in [3.05, 3.63) is 34.9 Å². The number of nitriles is 1. The van der Waals surface area contributed by atoms with Gasteiger partial charge < -0.3 is 0 Å². The van der Waals surface area contributed by atoms with Gasteiger partial charge in [0.1, 0.15) is 5.37 Å². The van der Waals surface area contributed by atoms with Crippen LogP contribution in [0.2, 0.25) is 0 Å². The molecule has 0 spiro atoms. The summed E-state index contributed by atoms with van der Waals surface area (Å²) >= 11 is 1.71. The fourth-order valence-electron chi connectivity index (χ4n) is 2.48. The Labute approximate surface area is 131 Å². The molecule has 0 aliphatic carbocycles. The SMILES string of the molecule is CCS(=O)(=O)C1CSCCN1Cc1ccc(C#N)cc1C. The standard InChI is InChI=1S/C15H20N2O2S2/c1-3-21(18,19)15-11-20-7-6-17(15)10-14-5-4-13(9-16)8-12(14)2/h4-5,8,15H,3,6-7,10-11H2,1-2H3. The van der Waals surface area contributed by atoms with Crippen molar-refractivity contribution in [3.8, 4) is 6.07 Å². The zero-order valence-corrected chi connectivity index (χ0v) is 14.0. The third-order valence-electron chi connectivity index (χ3n) is 3.85. The number of sulfone groups is 1. The Hall–Kier alpha value is -1.03. The summed E-state index contributed by atoms with van der Waals surface area (Å²) in [5.41, 5.74) is 2.78. The molecule has 4 nitrogen and oxygen atoms in total. The molecule has 0 N–H and O–H groups in total. The summed E-state index contributed by atoms with van der Waals surface area (Å²) in [6, 6.07) is 7.72. The second kappa shape index (κ2) is 6.82. The van der Waals surface area contributed by atoms with Crippen LogP contribution < -0.4 is 0 Å². The average Bonchev–Trinajstić information content (AvgIpc) is 2.49. The van der Waals surface area contributed by atoms with Gasteiger partial charge in [-0.15, -0.1) is 0 Å². The van der Waals surface area contributed by atoms with Crippen LogP contribution in [0.15, 0.2) is 18.2 Å². The predicted molar refractivity (Wildman–Crippen MR) is 86.9 cm³/mol. The van der Waals surface area contributed by atoms with Crippen LogP contribution in [-0.4, -0.2) is 42.5 Å². The molecule has 1 atom stereocenters. The van der Waals surface area contributed by atoms with Gasteiger partial charge in [-0.3, -0.25) is 4.90 Å². The van der Waals surface area contributed by atoms with Gasteiger partial charge in [-0.25, -0.2) is 8.42 Å². The minimum absolute atomic E-state index is 0.182. The Morgan fingerprint density at radius 3 is 2.86 bits per heavy atom. The van der Waals surface area contributed by atoms with E-state index in [0.717, 1.165) is 23.4 Å². The van der Waals surface area contributed by atoms with E-state index in [0.29, 0.717) is 17.9 Å². The van der Waals surface area contributed by atoms with E-state index in [1.165, 1.54) is 0 Å². The number of hydrogen-bond donors (Lipinski definition) is 0. The first-order chi connectivity index (χ1) is 9.97. The molecule has 0 aromatic heterocycles. The molecule has 1 aliphatic rings. The van der Waals surface area contributed by atoms with Gasteiger partial charge in [0.05, 0.1) is 11.6 Å². The van der Waals surface area contributed by atoms with Gasteiger partial charge in [0.15, 0.2) is 9.84 Å². The highest BCUT2D eigenvalue weighted by Gasteiger charge is 2.32. The summed E-state index contributed by atoms with van der Waals surface area (Å²) in [6.07, 6.45) is 0. The van der Waals surface area contributed by atoms with E-state index in [2.05, 4.69) is 11.0 Å². The Bertz CT molecular complexity index is 650. The first-order valence-electron chi connectivity index (χ1n) is 7.01. The van der Waals surface area contributed by atoms with E-state index in [4.69, 9.17) is 5.26 Å². The molecule has 1 fully saturated rings. The molecule has 1 heterocycles. The normalized spacial score (nSPS) is 20.1. The highest BCUT2D eigenvalue weighted by molar-refractivity contribution is 8.01. The lowest BCUT2D eigenvalue weighted by Gasteiger charge is -2.35. The zero-order valence-electron chi connectivity index (χ0n) is 12.4. The third-order valence-corrected chi connectivity index (χ3v) is 7.18. The third kappa shape index (κ3) is 3.79. The predicted octanol–water partition coefficient (Wildman–Crippen LogP) is 2.18. The lowest BCUT2D eigenvalue weighted by molar-refractivity contribution is 0.261. The van der Waals surface area contributed by atoms with Gasteiger partial charge in [0.2, 0.25) is 0 Å². The maximum Gasteiger partial charge on any atom is 0.166 e. The fraction of sp³-hybridized carbons (Fsp3) is 0.533. The summed E-state index contributed by atoms with van der Waals surface area (Å²) in [7, 11) is -3.06. The monoisotopic (exact) mass is 324 g/mol. The topological polar surface area (TPSA) is 61.2 Å². The van der Waals surface area contributed by atoms with Crippen molar-refractivity contribution in [2.45, 2.75) is 25.8 Å². The van der Waals surface area contributed by atoms with E-state index >= 15 is 0 Å². The smallest absolute Gasteiger partial charge is 0.166 e. The Morgan fingerprint density at radius 2 is 2.24 bits per heavy atom. The van der Waals surface area contributed by atoms with E-state index in [1.54, 1.807) is 24.8 Å². The number of benzene rings is 1. The summed E-state index contributed by atoms with van der Waals surface area (Å²) < 4.78 is 24.5. The summed E-state index contributed by atoms with van der Waals surface area (Å²) in [5.74, 6) is 1.79. The lowest BCUT2D eigenvalue weighted by atomic mass is 10.1. The fourth-order valence-corrected chi connectivity index (χ4v) is 5.56. The molecule has 1 aliphatic heterocycles. The van der Waals surface area contributed by atoms with Gasteiger partial charge in [0, 0.05) is 30.3 Å². The van der Waals surface area contributed by atoms with Crippen LogP contribution in [0.5, 0.6) is 0 Å². The number of aryl methyl sites for hydroxylation is 1. The van der Waals surface area contributed by atoms with Gasteiger partial charge in [0.25, 0.3) is 0 Å². The van der Waals surface area contributed by atoms with Crippen molar-refractivity contribution >= 4 is 21.6 Å². The van der Waals surface area contributed by atoms with E-state index in [9.17, 15) is 8.42 Å². The molecule has 1 aromatic rings. The van der Waals surface area contributed by atoms with Crippen molar-refractivity contribution in [3.63, 3.8) is 0 Å². The minimum Gasteiger partial charge on any atom is -0.281 e. The Morgan fingerprint density at radius 1 is 1.48 bits per heavy atom. The van der Waals surface area contributed by atoms with Gasteiger partial charge in [-0.05, 0) is 30.2 Å². The maximum atomic E-state index is 12.2. The highest BCUT2D eigenvalue weighted by Crippen LogP contribution is 2.24. The molecular weight excluding hydrogens is 304 g/mol. The number of nitrogens with zero attached hydrogens (tertiary/aromatic N) is 2. The quantitative estimate of drug-likeness (QED) is 0.849. The summed E-state index contributed by atoms with van der Waals surface area (Å²) in [6.45, 7) is 5.09. The largest absolute Gasteiger partial charge is 0.281 e. The Kier molecular flexibility index (Phi) is 5.31. The van der Waals surface area contributed by atoms with Crippen molar-refractivity contribution in [2.75, 3.05) is 23.8 Å².